The van der Waals surface area contributed by atoms with Crippen LogP contribution in [0, 0.1) is 6.92 Å². The lowest BCUT2D eigenvalue weighted by atomic mass is 9.85. The van der Waals surface area contributed by atoms with Gasteiger partial charge in [0.1, 0.15) is 5.75 Å². The van der Waals surface area contributed by atoms with Crippen molar-refractivity contribution in [3.05, 3.63) is 29.3 Å². The van der Waals surface area contributed by atoms with E-state index in [0.29, 0.717) is 0 Å². The highest BCUT2D eigenvalue weighted by Gasteiger charge is 2.24. The third-order valence-corrected chi connectivity index (χ3v) is 2.59. The first-order chi connectivity index (χ1) is 7.09. The normalized spacial score (nSPS) is 11.9. The number of phosphoric acid groups is 1. The highest BCUT2D eigenvalue weighted by Crippen LogP contribution is 2.42. The zero-order valence-corrected chi connectivity index (χ0v) is 12.5. The lowest BCUT2D eigenvalue weighted by Gasteiger charge is -2.23. The van der Waals surface area contributed by atoms with Crippen LogP contribution in [0.25, 0.3) is 0 Å². The molecule has 0 fully saturated rings. The lowest BCUT2D eigenvalue weighted by molar-refractivity contribution is 0.281. The van der Waals surface area contributed by atoms with Crippen LogP contribution in [0.1, 0.15) is 31.9 Å². The molecule has 1 aromatic carbocycles. The molecule has 0 bridgehead atoms. The summed E-state index contributed by atoms with van der Waals surface area (Å²) in [5, 5.41) is 0. The minimum Gasteiger partial charge on any atom is -0.404 e. The van der Waals surface area contributed by atoms with E-state index in [9.17, 15) is 4.57 Å². The Morgan fingerprint density at radius 2 is 1.76 bits per heavy atom. The van der Waals surface area contributed by atoms with Crippen LogP contribution in [0.3, 0.4) is 0 Å². The molecule has 4 nitrogen and oxygen atoms in total. The molecule has 0 aromatic heterocycles. The van der Waals surface area contributed by atoms with Gasteiger partial charge in [0.25, 0.3) is 0 Å². The molecule has 3 radical (unpaired) electrons. The summed E-state index contributed by atoms with van der Waals surface area (Å²) in [5.41, 5.74) is 1.59. The smallest absolute Gasteiger partial charge is 0.404 e. The van der Waals surface area contributed by atoms with Gasteiger partial charge in [0, 0.05) is 22.9 Å². The van der Waals surface area contributed by atoms with Crippen molar-refractivity contribution in [1.29, 1.82) is 0 Å². The first-order valence-electron chi connectivity index (χ1n) is 4.96. The molecule has 0 aliphatic heterocycles. The summed E-state index contributed by atoms with van der Waals surface area (Å²) in [6, 6.07) is 5.24. The Hall–Kier alpha value is -0.298. The zero-order chi connectivity index (χ0) is 12.6. The van der Waals surface area contributed by atoms with Crippen LogP contribution >= 0.6 is 7.82 Å². The van der Waals surface area contributed by atoms with E-state index in [-0.39, 0.29) is 28.5 Å². The molecule has 0 atom stereocenters. The molecule has 0 heterocycles. The number of benzene rings is 1. The standard InChI is InChI=1S/C11H17O4P.Al/c1-8-5-6-10(15-16(12,13)14)9(7-8)11(2,3)4;/h5-7H,1-4H3,(H2,12,13,14);. The Balaban J connectivity index is 0.00000256. The number of aryl methyl sites for hydroxylation is 1. The van der Waals surface area contributed by atoms with Gasteiger partial charge in [0.15, 0.2) is 0 Å². The van der Waals surface area contributed by atoms with E-state index in [4.69, 9.17) is 9.79 Å². The van der Waals surface area contributed by atoms with Crippen molar-refractivity contribution < 1.29 is 18.9 Å². The number of hydrogen-bond donors (Lipinski definition) is 2. The van der Waals surface area contributed by atoms with Crippen molar-refractivity contribution >= 4 is 25.2 Å². The molecule has 0 aliphatic rings. The minimum absolute atomic E-state index is 0. The van der Waals surface area contributed by atoms with Gasteiger partial charge in [-0.15, -0.1) is 0 Å². The van der Waals surface area contributed by atoms with E-state index < -0.39 is 7.82 Å². The Morgan fingerprint density at radius 1 is 1.24 bits per heavy atom. The number of rotatable bonds is 2. The Bertz CT molecular complexity index is 434. The first-order valence-corrected chi connectivity index (χ1v) is 6.49. The van der Waals surface area contributed by atoms with Crippen LogP contribution in [-0.4, -0.2) is 27.1 Å². The van der Waals surface area contributed by atoms with Gasteiger partial charge in [0.2, 0.25) is 0 Å². The molecule has 2 N–H and O–H groups in total. The average molecular weight is 271 g/mol. The summed E-state index contributed by atoms with van der Waals surface area (Å²) < 4.78 is 15.5. The molecule has 0 unspecified atom stereocenters. The maximum atomic E-state index is 10.8. The largest absolute Gasteiger partial charge is 0.524 e. The molecule has 0 saturated heterocycles. The second-order valence-electron chi connectivity index (χ2n) is 4.83. The summed E-state index contributed by atoms with van der Waals surface area (Å²) in [4.78, 5) is 17.6. The third-order valence-electron chi connectivity index (χ3n) is 2.16. The summed E-state index contributed by atoms with van der Waals surface area (Å²) in [7, 11) is -4.50. The highest BCUT2D eigenvalue weighted by molar-refractivity contribution is 7.46. The molecule has 1 rings (SSSR count). The van der Waals surface area contributed by atoms with Gasteiger partial charge in [-0.05, 0) is 18.4 Å². The molecule has 0 saturated carbocycles. The molecule has 0 aliphatic carbocycles. The van der Waals surface area contributed by atoms with E-state index in [2.05, 4.69) is 4.52 Å². The molecule has 1 aromatic rings. The van der Waals surface area contributed by atoms with Crippen molar-refractivity contribution in [2.75, 3.05) is 0 Å². The highest BCUT2D eigenvalue weighted by atomic mass is 31.2. The second-order valence-corrected chi connectivity index (χ2v) is 6.00. The van der Waals surface area contributed by atoms with Crippen LogP contribution in [0.4, 0.5) is 0 Å². The quantitative estimate of drug-likeness (QED) is 0.640. The number of phosphoric ester groups is 1. The van der Waals surface area contributed by atoms with Crippen LogP contribution in [-0.2, 0) is 9.98 Å². The molecule has 17 heavy (non-hydrogen) atoms. The summed E-state index contributed by atoms with van der Waals surface area (Å²) in [6.45, 7) is 7.83. The Labute approximate surface area is 112 Å². The Morgan fingerprint density at radius 3 is 2.18 bits per heavy atom. The topological polar surface area (TPSA) is 66.8 Å². The van der Waals surface area contributed by atoms with E-state index in [1.807, 2.05) is 33.8 Å². The van der Waals surface area contributed by atoms with Gasteiger partial charge >= 0.3 is 7.82 Å². The van der Waals surface area contributed by atoms with Crippen molar-refractivity contribution in [2.45, 2.75) is 33.1 Å². The SMILES string of the molecule is Cc1ccc(OP(=O)(O)O)c(C(C)(C)C)c1.[Al]. The van der Waals surface area contributed by atoms with Gasteiger partial charge < -0.3 is 4.52 Å². The predicted molar refractivity (Wildman–Crippen MR) is 68.3 cm³/mol. The van der Waals surface area contributed by atoms with Gasteiger partial charge in [-0.1, -0.05) is 38.5 Å². The van der Waals surface area contributed by atoms with Crippen molar-refractivity contribution in [2.24, 2.45) is 0 Å². The fourth-order valence-corrected chi connectivity index (χ4v) is 1.85. The third kappa shape index (κ3) is 5.25. The molecule has 93 valence electrons. The zero-order valence-electron chi connectivity index (χ0n) is 10.5. The van der Waals surface area contributed by atoms with Gasteiger partial charge in [0.05, 0.1) is 0 Å². The fraction of sp³-hybridized carbons (Fsp3) is 0.455. The van der Waals surface area contributed by atoms with E-state index in [0.717, 1.165) is 11.1 Å². The minimum atomic E-state index is -4.50. The average Bonchev–Trinajstić information content (AvgIpc) is 2.04. The molecule has 0 spiro atoms. The maximum absolute atomic E-state index is 10.8. The van der Waals surface area contributed by atoms with Crippen molar-refractivity contribution in [3.63, 3.8) is 0 Å². The lowest BCUT2D eigenvalue weighted by Crippen LogP contribution is -2.13. The molecular weight excluding hydrogens is 254 g/mol. The van der Waals surface area contributed by atoms with Gasteiger partial charge in [-0.2, -0.15) is 0 Å². The summed E-state index contributed by atoms with van der Waals surface area (Å²) >= 11 is 0. The summed E-state index contributed by atoms with van der Waals surface area (Å²) in [5.74, 6) is 0.242. The number of hydrogen-bond acceptors (Lipinski definition) is 2. The van der Waals surface area contributed by atoms with E-state index >= 15 is 0 Å². The van der Waals surface area contributed by atoms with E-state index in [1.54, 1.807) is 12.1 Å². The second kappa shape index (κ2) is 5.56. The predicted octanol–water partition coefficient (Wildman–Crippen LogP) is 2.38. The van der Waals surface area contributed by atoms with Crippen LogP contribution in [0.15, 0.2) is 18.2 Å². The monoisotopic (exact) mass is 271 g/mol. The molecular formula is C11H17AlO4P. The van der Waals surface area contributed by atoms with Crippen molar-refractivity contribution in [3.8, 4) is 5.75 Å². The van der Waals surface area contributed by atoms with E-state index in [1.165, 1.54) is 0 Å². The van der Waals surface area contributed by atoms with Gasteiger partial charge in [-0.25, -0.2) is 4.57 Å². The molecule has 6 heteroatoms. The first kappa shape index (κ1) is 16.7. The molecule has 0 amide bonds. The summed E-state index contributed by atoms with van der Waals surface area (Å²) in [6.07, 6.45) is 0. The van der Waals surface area contributed by atoms with Gasteiger partial charge in [-0.3, -0.25) is 9.79 Å². The maximum Gasteiger partial charge on any atom is 0.524 e. The van der Waals surface area contributed by atoms with Crippen molar-refractivity contribution in [1.82, 2.24) is 0 Å². The Kier molecular flexibility index (Phi) is 5.47. The van der Waals surface area contributed by atoms with Crippen LogP contribution in [0.2, 0.25) is 0 Å². The van der Waals surface area contributed by atoms with Crippen LogP contribution < -0.4 is 4.52 Å². The fourth-order valence-electron chi connectivity index (χ4n) is 1.44. The van der Waals surface area contributed by atoms with Crippen LogP contribution in [0.5, 0.6) is 5.75 Å².